The smallest absolute Gasteiger partial charge is 0.266 e. The van der Waals surface area contributed by atoms with Crippen LogP contribution in [0, 0.1) is 12.7 Å². The third kappa shape index (κ3) is 5.72. The topological polar surface area (TPSA) is 87.3 Å². The molecule has 3 amide bonds. The van der Waals surface area contributed by atoms with Gasteiger partial charge in [0.25, 0.3) is 17.7 Å². The summed E-state index contributed by atoms with van der Waals surface area (Å²) < 4.78 is 13.3. The van der Waals surface area contributed by atoms with Crippen LogP contribution in [0.5, 0.6) is 0 Å². The van der Waals surface area contributed by atoms with Crippen LogP contribution in [0.25, 0.3) is 0 Å². The molecule has 2 aromatic carbocycles. The van der Waals surface area contributed by atoms with Crippen LogP contribution in [0.3, 0.4) is 0 Å². The minimum Gasteiger partial charge on any atom is -0.352 e. The van der Waals surface area contributed by atoms with Gasteiger partial charge < -0.3 is 16.0 Å². The van der Waals surface area contributed by atoms with Gasteiger partial charge in [-0.1, -0.05) is 24.6 Å². The number of aryl methyl sites for hydroxylation is 1. The summed E-state index contributed by atoms with van der Waals surface area (Å²) in [5.74, 6) is -1.63. The van der Waals surface area contributed by atoms with Crippen molar-refractivity contribution in [1.29, 1.82) is 0 Å². The predicted molar refractivity (Wildman–Crippen MR) is 125 cm³/mol. The molecule has 3 rings (SSSR count). The Bertz CT molecular complexity index is 1180. The maximum absolute atomic E-state index is 13.3. The summed E-state index contributed by atoms with van der Waals surface area (Å²) in [5, 5.41) is 8.86. The molecular weight excluding hydrogens is 453 g/mol. The number of benzene rings is 2. The maximum atomic E-state index is 13.3. The Morgan fingerprint density at radius 2 is 1.78 bits per heavy atom. The largest absolute Gasteiger partial charge is 0.352 e. The summed E-state index contributed by atoms with van der Waals surface area (Å²) >= 11 is 7.31. The zero-order valence-electron chi connectivity index (χ0n) is 17.4. The molecule has 1 heterocycles. The van der Waals surface area contributed by atoms with E-state index in [1.165, 1.54) is 24.3 Å². The summed E-state index contributed by atoms with van der Waals surface area (Å²) in [6.07, 6.45) is 0.808. The number of anilines is 2. The molecule has 0 spiro atoms. The Morgan fingerprint density at radius 3 is 2.47 bits per heavy atom. The predicted octanol–water partition coefficient (Wildman–Crippen LogP) is 5.49. The highest BCUT2D eigenvalue weighted by molar-refractivity contribution is 7.18. The Kier molecular flexibility index (Phi) is 7.61. The third-order valence-corrected chi connectivity index (χ3v) is 5.92. The van der Waals surface area contributed by atoms with E-state index in [0.29, 0.717) is 33.2 Å². The van der Waals surface area contributed by atoms with Crippen LogP contribution < -0.4 is 16.0 Å². The first-order chi connectivity index (χ1) is 15.3. The van der Waals surface area contributed by atoms with E-state index in [1.54, 1.807) is 25.1 Å². The minimum atomic E-state index is -0.507. The fourth-order valence-electron chi connectivity index (χ4n) is 2.88. The van der Waals surface area contributed by atoms with Crippen molar-refractivity contribution in [2.24, 2.45) is 0 Å². The van der Waals surface area contributed by atoms with Gasteiger partial charge in [-0.15, -0.1) is 11.3 Å². The normalized spacial score (nSPS) is 10.5. The van der Waals surface area contributed by atoms with Crippen molar-refractivity contribution < 1.29 is 18.8 Å². The number of thiophene rings is 1. The van der Waals surface area contributed by atoms with Crippen LogP contribution in [0.2, 0.25) is 5.02 Å². The number of amides is 3. The molecule has 0 saturated carbocycles. The number of hydrogen-bond acceptors (Lipinski definition) is 4. The summed E-state index contributed by atoms with van der Waals surface area (Å²) in [5.41, 5.74) is 1.61. The second-order valence-corrected chi connectivity index (χ2v) is 8.45. The average Bonchev–Trinajstić information content (AvgIpc) is 3.12. The Balaban J connectivity index is 1.69. The van der Waals surface area contributed by atoms with Crippen molar-refractivity contribution >= 4 is 51.3 Å². The highest BCUT2D eigenvalue weighted by Gasteiger charge is 2.17. The highest BCUT2D eigenvalue weighted by atomic mass is 35.5. The Labute approximate surface area is 193 Å². The van der Waals surface area contributed by atoms with Gasteiger partial charge in [0, 0.05) is 17.8 Å². The van der Waals surface area contributed by atoms with Crippen LogP contribution in [-0.4, -0.2) is 24.3 Å². The lowest BCUT2D eigenvalue weighted by Gasteiger charge is -2.09. The van der Waals surface area contributed by atoms with Gasteiger partial charge in [-0.25, -0.2) is 4.39 Å². The van der Waals surface area contributed by atoms with Gasteiger partial charge in [0.2, 0.25) is 0 Å². The first-order valence-electron chi connectivity index (χ1n) is 9.85. The first kappa shape index (κ1) is 23.4. The van der Waals surface area contributed by atoms with Gasteiger partial charge in [-0.05, 0) is 61.4 Å². The fourth-order valence-corrected chi connectivity index (χ4v) is 4.11. The van der Waals surface area contributed by atoms with Crippen molar-refractivity contribution in [2.45, 2.75) is 20.3 Å². The van der Waals surface area contributed by atoms with E-state index in [-0.39, 0.29) is 22.4 Å². The molecule has 0 atom stereocenters. The number of nitrogens with one attached hydrogen (secondary N) is 3. The van der Waals surface area contributed by atoms with E-state index >= 15 is 0 Å². The summed E-state index contributed by atoms with van der Waals surface area (Å²) in [6.45, 7) is 4.24. The molecule has 9 heteroatoms. The quantitative estimate of drug-likeness (QED) is 0.423. The number of carbonyl (C=O) groups excluding carboxylic acids is 3. The lowest BCUT2D eigenvalue weighted by atomic mass is 10.2. The number of halogens is 2. The highest BCUT2D eigenvalue weighted by Crippen LogP contribution is 2.29. The number of hydrogen-bond donors (Lipinski definition) is 3. The molecule has 0 aliphatic rings. The lowest BCUT2D eigenvalue weighted by molar-refractivity contribution is 0.0952. The summed E-state index contributed by atoms with van der Waals surface area (Å²) in [4.78, 5) is 37.6. The molecule has 0 bridgehead atoms. The van der Waals surface area contributed by atoms with E-state index in [0.717, 1.165) is 23.8 Å². The zero-order valence-corrected chi connectivity index (χ0v) is 19.0. The molecule has 6 nitrogen and oxygen atoms in total. The van der Waals surface area contributed by atoms with Crippen LogP contribution >= 0.6 is 22.9 Å². The van der Waals surface area contributed by atoms with Gasteiger partial charge in [-0.3, -0.25) is 14.4 Å². The van der Waals surface area contributed by atoms with Gasteiger partial charge in [0.05, 0.1) is 20.5 Å². The summed E-state index contributed by atoms with van der Waals surface area (Å²) in [6, 6.07) is 11.7. The van der Waals surface area contributed by atoms with Crippen molar-refractivity contribution in [2.75, 3.05) is 17.2 Å². The van der Waals surface area contributed by atoms with Crippen molar-refractivity contribution in [3.63, 3.8) is 0 Å². The molecule has 0 aliphatic heterocycles. The lowest BCUT2D eigenvalue weighted by Crippen LogP contribution is -2.24. The van der Waals surface area contributed by atoms with Gasteiger partial charge in [0.15, 0.2) is 0 Å². The molecule has 0 radical (unpaired) electrons. The zero-order chi connectivity index (χ0) is 23.3. The second kappa shape index (κ2) is 10.4. The molecule has 166 valence electrons. The average molecular weight is 474 g/mol. The van der Waals surface area contributed by atoms with Gasteiger partial charge in [-0.2, -0.15) is 0 Å². The molecule has 0 aliphatic carbocycles. The number of carbonyl (C=O) groups is 3. The number of rotatable bonds is 7. The van der Waals surface area contributed by atoms with Crippen LogP contribution in [0.4, 0.5) is 15.1 Å². The van der Waals surface area contributed by atoms with E-state index in [2.05, 4.69) is 16.0 Å². The standard InChI is InChI=1S/C23H21ClFN3O3S/c1-3-9-26-22(30)17-8-7-16(12-18(17)24)27-23(31)20-13(2)10-19(32-20)28-21(29)14-5-4-6-15(25)11-14/h4-8,10-12H,3,9H2,1-2H3,(H,26,30)(H,27,31)(H,28,29). The van der Waals surface area contributed by atoms with E-state index < -0.39 is 11.7 Å². The molecule has 1 aromatic heterocycles. The van der Waals surface area contributed by atoms with Crippen LogP contribution in [-0.2, 0) is 0 Å². The van der Waals surface area contributed by atoms with Crippen molar-refractivity contribution in [3.05, 3.63) is 80.9 Å². The minimum absolute atomic E-state index is 0.180. The molecule has 32 heavy (non-hydrogen) atoms. The molecule has 0 saturated heterocycles. The van der Waals surface area contributed by atoms with E-state index in [1.807, 2.05) is 6.92 Å². The van der Waals surface area contributed by atoms with E-state index in [4.69, 9.17) is 11.6 Å². The Hall–Kier alpha value is -3.23. The third-order valence-electron chi connectivity index (χ3n) is 4.45. The molecule has 3 N–H and O–H groups in total. The SMILES string of the molecule is CCCNC(=O)c1ccc(NC(=O)c2sc(NC(=O)c3cccc(F)c3)cc2C)cc1Cl. The monoisotopic (exact) mass is 473 g/mol. The Morgan fingerprint density at radius 1 is 1.00 bits per heavy atom. The van der Waals surface area contributed by atoms with Crippen molar-refractivity contribution in [3.8, 4) is 0 Å². The van der Waals surface area contributed by atoms with Gasteiger partial charge >= 0.3 is 0 Å². The summed E-state index contributed by atoms with van der Waals surface area (Å²) in [7, 11) is 0. The molecule has 3 aromatic rings. The van der Waals surface area contributed by atoms with Crippen LogP contribution in [0.15, 0.2) is 48.5 Å². The first-order valence-corrected chi connectivity index (χ1v) is 11.0. The molecule has 0 fully saturated rings. The maximum Gasteiger partial charge on any atom is 0.266 e. The van der Waals surface area contributed by atoms with E-state index in [9.17, 15) is 18.8 Å². The molecular formula is C23H21ClFN3O3S. The van der Waals surface area contributed by atoms with Crippen LogP contribution in [0.1, 0.15) is 49.3 Å². The molecule has 0 unspecified atom stereocenters. The van der Waals surface area contributed by atoms with Gasteiger partial charge in [0.1, 0.15) is 5.82 Å². The van der Waals surface area contributed by atoms with Crippen molar-refractivity contribution in [1.82, 2.24) is 5.32 Å². The fraction of sp³-hybridized carbons (Fsp3) is 0.174. The second-order valence-electron chi connectivity index (χ2n) is 6.99.